The van der Waals surface area contributed by atoms with Gasteiger partial charge in [0.15, 0.2) is 0 Å². The Morgan fingerprint density at radius 3 is 2.54 bits per heavy atom. The lowest BCUT2D eigenvalue weighted by Crippen LogP contribution is -2.28. The highest BCUT2D eigenvalue weighted by Crippen LogP contribution is 2.23. The minimum Gasteiger partial charge on any atom is -0.383 e. The third-order valence-corrected chi connectivity index (χ3v) is 4.85. The van der Waals surface area contributed by atoms with Crippen LogP contribution in [0.4, 0.5) is 5.69 Å². The number of nitrogens with zero attached hydrogens (tertiary/aromatic N) is 1. The Kier molecular flexibility index (Phi) is 6.89. The van der Waals surface area contributed by atoms with E-state index in [2.05, 4.69) is 15.6 Å². The van der Waals surface area contributed by atoms with Crippen LogP contribution in [0.1, 0.15) is 16.1 Å². The van der Waals surface area contributed by atoms with Gasteiger partial charge >= 0.3 is 0 Å². The van der Waals surface area contributed by atoms with Crippen LogP contribution in [0.15, 0.2) is 60.0 Å². The largest absolute Gasteiger partial charge is 0.383 e. The van der Waals surface area contributed by atoms with Crippen molar-refractivity contribution in [2.24, 2.45) is 0 Å². The number of carbonyl (C=O) groups is 2. The Morgan fingerprint density at radius 1 is 1.07 bits per heavy atom. The number of anilines is 1. The first-order valence-corrected chi connectivity index (χ1v) is 9.70. The molecule has 28 heavy (non-hydrogen) atoms. The SMILES string of the molecule is COCCNC(=O)Cc1ccc(NC(=O)c2csc(-c3ccccc3)n2)cc1. The predicted octanol–water partition coefficient (Wildman–Crippen LogP) is 3.37. The van der Waals surface area contributed by atoms with Crippen molar-refractivity contribution in [1.82, 2.24) is 10.3 Å². The highest BCUT2D eigenvalue weighted by molar-refractivity contribution is 7.13. The van der Waals surface area contributed by atoms with Crippen molar-refractivity contribution in [2.75, 3.05) is 25.6 Å². The monoisotopic (exact) mass is 395 g/mol. The minimum absolute atomic E-state index is 0.0650. The van der Waals surface area contributed by atoms with Gasteiger partial charge in [-0.1, -0.05) is 42.5 Å². The number of methoxy groups -OCH3 is 1. The summed E-state index contributed by atoms with van der Waals surface area (Å²) in [5.41, 5.74) is 2.89. The molecule has 0 fully saturated rings. The summed E-state index contributed by atoms with van der Waals surface area (Å²) in [7, 11) is 1.59. The Labute approximate surface area is 167 Å². The van der Waals surface area contributed by atoms with Gasteiger partial charge in [-0.15, -0.1) is 11.3 Å². The molecule has 2 amide bonds. The third kappa shape index (κ3) is 5.48. The van der Waals surface area contributed by atoms with Gasteiger partial charge in [0.25, 0.3) is 5.91 Å². The molecule has 0 saturated carbocycles. The molecule has 0 bridgehead atoms. The average molecular weight is 395 g/mol. The minimum atomic E-state index is -0.261. The molecule has 3 aromatic rings. The first-order valence-electron chi connectivity index (χ1n) is 8.82. The second-order valence-corrected chi connectivity index (χ2v) is 6.93. The van der Waals surface area contributed by atoms with Gasteiger partial charge in [0.1, 0.15) is 10.7 Å². The lowest BCUT2D eigenvalue weighted by atomic mass is 10.1. The number of thiazole rings is 1. The predicted molar refractivity (Wildman–Crippen MR) is 111 cm³/mol. The van der Waals surface area contributed by atoms with Crippen LogP contribution in [0.3, 0.4) is 0 Å². The standard InChI is InChI=1S/C21H21N3O3S/c1-27-12-11-22-19(25)13-15-7-9-17(10-8-15)23-20(26)18-14-28-21(24-18)16-5-3-2-4-6-16/h2-10,14H,11-13H2,1H3,(H,22,25)(H,23,26). The lowest BCUT2D eigenvalue weighted by Gasteiger charge is -2.06. The number of hydrogen-bond acceptors (Lipinski definition) is 5. The lowest BCUT2D eigenvalue weighted by molar-refractivity contribution is -0.120. The second-order valence-electron chi connectivity index (χ2n) is 6.07. The average Bonchev–Trinajstić information content (AvgIpc) is 3.21. The summed E-state index contributed by atoms with van der Waals surface area (Å²) in [5, 5.41) is 8.16. The number of ether oxygens (including phenoxy) is 1. The van der Waals surface area contributed by atoms with Gasteiger partial charge in [-0.2, -0.15) is 0 Å². The van der Waals surface area contributed by atoms with Crippen LogP contribution in [-0.4, -0.2) is 37.1 Å². The molecule has 3 rings (SSSR count). The van der Waals surface area contributed by atoms with Gasteiger partial charge < -0.3 is 15.4 Å². The molecule has 0 radical (unpaired) electrons. The Balaban J connectivity index is 1.56. The highest BCUT2D eigenvalue weighted by Gasteiger charge is 2.12. The van der Waals surface area contributed by atoms with Gasteiger partial charge in [-0.05, 0) is 17.7 Å². The van der Waals surface area contributed by atoms with E-state index in [9.17, 15) is 9.59 Å². The molecular formula is C21H21N3O3S. The van der Waals surface area contributed by atoms with E-state index in [0.717, 1.165) is 16.1 Å². The van der Waals surface area contributed by atoms with E-state index >= 15 is 0 Å². The quantitative estimate of drug-likeness (QED) is 0.573. The second kappa shape index (κ2) is 9.77. The molecule has 2 aromatic carbocycles. The third-order valence-electron chi connectivity index (χ3n) is 3.96. The molecule has 7 heteroatoms. The van der Waals surface area contributed by atoms with Crippen molar-refractivity contribution in [1.29, 1.82) is 0 Å². The topological polar surface area (TPSA) is 80.3 Å². The van der Waals surface area contributed by atoms with Crippen LogP contribution in [0.5, 0.6) is 0 Å². The van der Waals surface area contributed by atoms with Crippen molar-refractivity contribution >= 4 is 28.8 Å². The Hall–Kier alpha value is -3.03. The molecular weight excluding hydrogens is 374 g/mol. The molecule has 0 atom stereocenters. The van der Waals surface area contributed by atoms with E-state index in [1.54, 1.807) is 24.6 Å². The number of hydrogen-bond donors (Lipinski definition) is 2. The number of rotatable bonds is 8. The maximum Gasteiger partial charge on any atom is 0.275 e. The van der Waals surface area contributed by atoms with Gasteiger partial charge in [0.05, 0.1) is 13.0 Å². The normalized spacial score (nSPS) is 10.5. The molecule has 1 heterocycles. The molecule has 0 aliphatic rings. The van der Waals surface area contributed by atoms with E-state index in [1.165, 1.54) is 11.3 Å². The van der Waals surface area contributed by atoms with E-state index in [1.807, 2.05) is 42.5 Å². The van der Waals surface area contributed by atoms with Gasteiger partial charge in [0, 0.05) is 30.3 Å². The molecule has 1 aromatic heterocycles. The Bertz CT molecular complexity index is 924. The summed E-state index contributed by atoms with van der Waals surface area (Å²) >= 11 is 1.43. The summed E-state index contributed by atoms with van der Waals surface area (Å²) in [6.45, 7) is 0.974. The van der Waals surface area contributed by atoms with E-state index in [-0.39, 0.29) is 18.2 Å². The van der Waals surface area contributed by atoms with Gasteiger partial charge in [-0.25, -0.2) is 4.98 Å². The number of benzene rings is 2. The smallest absolute Gasteiger partial charge is 0.275 e. The first-order chi connectivity index (χ1) is 13.7. The molecule has 0 saturated heterocycles. The molecule has 0 unspecified atom stereocenters. The van der Waals surface area contributed by atoms with Crippen LogP contribution in [0.2, 0.25) is 0 Å². The van der Waals surface area contributed by atoms with Crippen molar-refractivity contribution in [2.45, 2.75) is 6.42 Å². The molecule has 0 spiro atoms. The molecule has 0 aliphatic carbocycles. The molecule has 6 nitrogen and oxygen atoms in total. The summed E-state index contributed by atoms with van der Waals surface area (Å²) in [4.78, 5) is 28.6. The van der Waals surface area contributed by atoms with E-state index in [4.69, 9.17) is 4.74 Å². The molecule has 144 valence electrons. The summed E-state index contributed by atoms with van der Waals surface area (Å²) in [6.07, 6.45) is 0.282. The van der Waals surface area contributed by atoms with Crippen LogP contribution in [0.25, 0.3) is 10.6 Å². The summed E-state index contributed by atoms with van der Waals surface area (Å²) < 4.78 is 4.90. The van der Waals surface area contributed by atoms with Crippen molar-refractivity contribution in [3.8, 4) is 10.6 Å². The zero-order valence-corrected chi connectivity index (χ0v) is 16.3. The van der Waals surface area contributed by atoms with E-state index < -0.39 is 0 Å². The Morgan fingerprint density at radius 2 is 1.82 bits per heavy atom. The highest BCUT2D eigenvalue weighted by atomic mass is 32.1. The van der Waals surface area contributed by atoms with Crippen molar-refractivity contribution < 1.29 is 14.3 Å². The number of aromatic nitrogens is 1. The number of amides is 2. The van der Waals surface area contributed by atoms with Crippen LogP contribution in [0, 0.1) is 0 Å². The zero-order chi connectivity index (χ0) is 19.8. The van der Waals surface area contributed by atoms with E-state index in [0.29, 0.717) is 24.5 Å². The number of nitrogens with one attached hydrogen (secondary N) is 2. The summed E-state index contributed by atoms with van der Waals surface area (Å²) in [6, 6.07) is 16.9. The number of carbonyl (C=O) groups excluding carboxylic acids is 2. The molecule has 2 N–H and O–H groups in total. The fourth-order valence-corrected chi connectivity index (χ4v) is 3.34. The maximum atomic E-state index is 12.4. The molecule has 0 aliphatic heterocycles. The van der Waals surface area contributed by atoms with Crippen LogP contribution >= 0.6 is 11.3 Å². The first kappa shape index (κ1) is 19.7. The van der Waals surface area contributed by atoms with Gasteiger partial charge in [-0.3, -0.25) is 9.59 Å². The fraction of sp³-hybridized carbons (Fsp3) is 0.190. The summed E-state index contributed by atoms with van der Waals surface area (Å²) in [5.74, 6) is -0.326. The van der Waals surface area contributed by atoms with Gasteiger partial charge in [0.2, 0.25) is 5.91 Å². The van der Waals surface area contributed by atoms with Crippen LogP contribution < -0.4 is 10.6 Å². The maximum absolute atomic E-state index is 12.4. The van der Waals surface area contributed by atoms with Crippen molar-refractivity contribution in [3.63, 3.8) is 0 Å². The zero-order valence-electron chi connectivity index (χ0n) is 15.5. The fourth-order valence-electron chi connectivity index (χ4n) is 2.53. The van der Waals surface area contributed by atoms with Crippen LogP contribution in [-0.2, 0) is 16.0 Å². The van der Waals surface area contributed by atoms with Crippen molar-refractivity contribution in [3.05, 3.63) is 71.2 Å².